The van der Waals surface area contributed by atoms with E-state index in [0.717, 1.165) is 19.3 Å². The van der Waals surface area contributed by atoms with Gasteiger partial charge in [-0.15, -0.1) is 0 Å². The third-order valence-electron chi connectivity index (χ3n) is 2.07. The zero-order valence-corrected chi connectivity index (χ0v) is 8.18. The van der Waals surface area contributed by atoms with Gasteiger partial charge in [0, 0.05) is 19.3 Å². The Kier molecular flexibility index (Phi) is 4.51. The van der Waals surface area contributed by atoms with Gasteiger partial charge >= 0.3 is 0 Å². The highest BCUT2D eigenvalue weighted by molar-refractivity contribution is 6.00. The quantitative estimate of drug-likeness (QED) is 0.492. The summed E-state index contributed by atoms with van der Waals surface area (Å²) in [4.78, 5) is 11.3. The van der Waals surface area contributed by atoms with Gasteiger partial charge in [0.15, 0.2) is 5.78 Å². The van der Waals surface area contributed by atoms with E-state index in [4.69, 9.17) is 5.26 Å². The molecule has 2 heteroatoms. The minimum Gasteiger partial charge on any atom is -0.293 e. The lowest BCUT2D eigenvalue weighted by atomic mass is 9.98. The standard InChI is InChI=1S/C12H13NO/c13-10-6-2-1-3-7-11-8-4-5-9-12(11)14/h8H,1-2,4-6,9H2. The normalized spacial score (nSPS) is 15.1. The number of carbonyl (C=O) groups is 1. The molecule has 1 aliphatic rings. The van der Waals surface area contributed by atoms with Crippen molar-refractivity contribution < 1.29 is 4.79 Å². The molecule has 0 aliphatic heterocycles. The van der Waals surface area contributed by atoms with E-state index < -0.39 is 0 Å². The Morgan fingerprint density at radius 3 is 3.00 bits per heavy atom. The molecule has 1 aliphatic carbocycles. The molecule has 0 unspecified atom stereocenters. The number of ketones is 1. The summed E-state index contributed by atoms with van der Waals surface area (Å²) in [5.74, 6) is 5.98. The van der Waals surface area contributed by atoms with Gasteiger partial charge in [0.1, 0.15) is 0 Å². The van der Waals surface area contributed by atoms with E-state index in [9.17, 15) is 4.79 Å². The summed E-state index contributed by atoms with van der Waals surface area (Å²) < 4.78 is 0. The molecule has 0 N–H and O–H groups in total. The second-order valence-corrected chi connectivity index (χ2v) is 3.25. The monoisotopic (exact) mass is 187 g/mol. The molecule has 0 atom stereocenters. The summed E-state index contributed by atoms with van der Waals surface area (Å²) in [7, 11) is 0. The number of nitriles is 1. The van der Waals surface area contributed by atoms with Crippen LogP contribution in [0.5, 0.6) is 0 Å². The number of hydrogen-bond acceptors (Lipinski definition) is 2. The highest BCUT2D eigenvalue weighted by Gasteiger charge is 2.10. The molecule has 0 saturated heterocycles. The van der Waals surface area contributed by atoms with Crippen molar-refractivity contribution in [3.63, 3.8) is 0 Å². The average Bonchev–Trinajstić information content (AvgIpc) is 2.20. The Morgan fingerprint density at radius 1 is 1.43 bits per heavy atom. The van der Waals surface area contributed by atoms with E-state index >= 15 is 0 Å². The summed E-state index contributed by atoms with van der Waals surface area (Å²) in [6.45, 7) is 0. The number of allylic oxidation sites excluding steroid dienone is 2. The Balaban J connectivity index is 2.39. The minimum atomic E-state index is 0.170. The molecule has 0 aromatic rings. The number of Topliss-reactive ketones (excluding diaryl/α,β-unsaturated/α-hetero) is 1. The first-order valence-electron chi connectivity index (χ1n) is 4.94. The fourth-order valence-corrected chi connectivity index (χ4v) is 1.29. The highest BCUT2D eigenvalue weighted by Crippen LogP contribution is 2.12. The highest BCUT2D eigenvalue weighted by atomic mass is 16.1. The average molecular weight is 187 g/mol. The summed E-state index contributed by atoms with van der Waals surface area (Å²) in [6.07, 6.45) is 6.53. The minimum absolute atomic E-state index is 0.170. The fourth-order valence-electron chi connectivity index (χ4n) is 1.29. The van der Waals surface area contributed by atoms with Gasteiger partial charge in [0.05, 0.1) is 11.6 Å². The fraction of sp³-hybridized carbons (Fsp3) is 0.500. The molecule has 0 aromatic heterocycles. The van der Waals surface area contributed by atoms with Gasteiger partial charge < -0.3 is 0 Å². The molecule has 1 rings (SSSR count). The van der Waals surface area contributed by atoms with Crippen LogP contribution >= 0.6 is 0 Å². The lowest BCUT2D eigenvalue weighted by Gasteiger charge is -2.04. The molecule has 0 bridgehead atoms. The lowest BCUT2D eigenvalue weighted by Crippen LogP contribution is -2.04. The summed E-state index contributed by atoms with van der Waals surface area (Å²) in [5.41, 5.74) is 0.674. The van der Waals surface area contributed by atoms with Crippen molar-refractivity contribution in [1.82, 2.24) is 0 Å². The largest absolute Gasteiger partial charge is 0.293 e. The van der Waals surface area contributed by atoms with Gasteiger partial charge in [0.25, 0.3) is 0 Å². The first-order valence-corrected chi connectivity index (χ1v) is 4.94. The van der Waals surface area contributed by atoms with Crippen LogP contribution in [0.25, 0.3) is 0 Å². The van der Waals surface area contributed by atoms with Gasteiger partial charge in [-0.25, -0.2) is 0 Å². The Bertz CT molecular complexity index is 336. The van der Waals surface area contributed by atoms with Crippen LogP contribution in [-0.4, -0.2) is 5.78 Å². The van der Waals surface area contributed by atoms with Crippen LogP contribution in [0.4, 0.5) is 0 Å². The van der Waals surface area contributed by atoms with Gasteiger partial charge in [-0.05, 0) is 19.3 Å². The number of rotatable bonds is 2. The van der Waals surface area contributed by atoms with Crippen LogP contribution in [0.1, 0.15) is 38.5 Å². The molecule has 0 fully saturated rings. The third-order valence-corrected chi connectivity index (χ3v) is 2.07. The molecule has 72 valence electrons. The van der Waals surface area contributed by atoms with E-state index in [-0.39, 0.29) is 5.78 Å². The van der Waals surface area contributed by atoms with E-state index in [0.29, 0.717) is 24.8 Å². The number of carbonyl (C=O) groups excluding carboxylic acids is 1. The van der Waals surface area contributed by atoms with Crippen molar-refractivity contribution in [1.29, 1.82) is 5.26 Å². The topological polar surface area (TPSA) is 40.9 Å². The van der Waals surface area contributed by atoms with Gasteiger partial charge in [0.2, 0.25) is 0 Å². The van der Waals surface area contributed by atoms with Crippen molar-refractivity contribution in [3.8, 4) is 17.9 Å². The summed E-state index contributed by atoms with van der Waals surface area (Å²) >= 11 is 0. The maximum Gasteiger partial charge on any atom is 0.170 e. The smallest absolute Gasteiger partial charge is 0.170 e. The second-order valence-electron chi connectivity index (χ2n) is 3.25. The molecule has 0 saturated carbocycles. The second kappa shape index (κ2) is 6.00. The lowest BCUT2D eigenvalue weighted by molar-refractivity contribution is -0.115. The number of hydrogen-bond donors (Lipinski definition) is 0. The van der Waals surface area contributed by atoms with Crippen molar-refractivity contribution in [2.75, 3.05) is 0 Å². The molecular formula is C12H13NO. The van der Waals surface area contributed by atoms with Crippen LogP contribution < -0.4 is 0 Å². The number of unbranched alkanes of at least 4 members (excludes halogenated alkanes) is 2. The van der Waals surface area contributed by atoms with E-state index in [1.54, 1.807) is 0 Å². The van der Waals surface area contributed by atoms with E-state index in [1.807, 2.05) is 6.08 Å². The zero-order valence-electron chi connectivity index (χ0n) is 8.18. The van der Waals surface area contributed by atoms with Gasteiger partial charge in [-0.2, -0.15) is 5.26 Å². The first-order chi connectivity index (χ1) is 6.84. The maximum atomic E-state index is 11.3. The molecule has 0 spiro atoms. The van der Waals surface area contributed by atoms with Crippen LogP contribution in [0.3, 0.4) is 0 Å². The maximum absolute atomic E-state index is 11.3. The first kappa shape index (κ1) is 10.5. The zero-order chi connectivity index (χ0) is 10.2. The predicted octanol–water partition coefficient (Wildman–Crippen LogP) is 2.36. The summed E-state index contributed by atoms with van der Waals surface area (Å²) in [6, 6.07) is 2.07. The molecule has 14 heavy (non-hydrogen) atoms. The Morgan fingerprint density at radius 2 is 2.29 bits per heavy atom. The third kappa shape index (κ3) is 3.46. The van der Waals surface area contributed by atoms with Crippen molar-refractivity contribution in [3.05, 3.63) is 11.6 Å². The molecular weight excluding hydrogens is 174 g/mol. The Labute approximate surface area is 84.6 Å². The Hall–Kier alpha value is -1.54. The predicted molar refractivity (Wildman–Crippen MR) is 54.2 cm³/mol. The van der Waals surface area contributed by atoms with Crippen LogP contribution in [0.2, 0.25) is 0 Å². The molecule has 0 radical (unpaired) electrons. The molecule has 0 heterocycles. The van der Waals surface area contributed by atoms with E-state index in [2.05, 4.69) is 17.9 Å². The van der Waals surface area contributed by atoms with Crippen molar-refractivity contribution in [2.24, 2.45) is 0 Å². The molecule has 2 nitrogen and oxygen atoms in total. The SMILES string of the molecule is N#CCCCC#CC1=CCCCC1=O. The van der Waals surface area contributed by atoms with Crippen LogP contribution in [0, 0.1) is 23.2 Å². The van der Waals surface area contributed by atoms with Crippen molar-refractivity contribution in [2.45, 2.75) is 38.5 Å². The van der Waals surface area contributed by atoms with Crippen LogP contribution in [0.15, 0.2) is 11.6 Å². The number of nitrogens with zero attached hydrogens (tertiary/aromatic N) is 1. The van der Waals surface area contributed by atoms with Gasteiger partial charge in [-0.1, -0.05) is 17.9 Å². The summed E-state index contributed by atoms with van der Waals surface area (Å²) in [5, 5.41) is 8.29. The molecule has 0 amide bonds. The van der Waals surface area contributed by atoms with Crippen LogP contribution in [-0.2, 0) is 4.79 Å². The van der Waals surface area contributed by atoms with E-state index in [1.165, 1.54) is 0 Å². The van der Waals surface area contributed by atoms with Gasteiger partial charge in [-0.3, -0.25) is 4.79 Å². The van der Waals surface area contributed by atoms with Crippen molar-refractivity contribution >= 4 is 5.78 Å². The molecule has 0 aromatic carbocycles.